The standard InChI is InChI=1S/C13H18F2N2/c14-12-4-11(5-13(15)6-12)9-17-3-1-2-10(7-16)8-17/h4-6,10H,1-3,7-9,16H2/t10-/m0/s1. The summed E-state index contributed by atoms with van der Waals surface area (Å²) in [6, 6.07) is 3.70. The fraction of sp³-hybridized carbons (Fsp3) is 0.538. The number of nitrogens with zero attached hydrogens (tertiary/aromatic N) is 1. The molecule has 0 amide bonds. The van der Waals surface area contributed by atoms with Gasteiger partial charge in [-0.05, 0) is 49.5 Å². The summed E-state index contributed by atoms with van der Waals surface area (Å²) in [6.07, 6.45) is 2.27. The summed E-state index contributed by atoms with van der Waals surface area (Å²) in [5.41, 5.74) is 6.36. The minimum Gasteiger partial charge on any atom is -0.330 e. The fourth-order valence-electron chi connectivity index (χ4n) is 2.45. The lowest BCUT2D eigenvalue weighted by molar-refractivity contribution is 0.170. The summed E-state index contributed by atoms with van der Waals surface area (Å²) in [5.74, 6) is -0.498. The van der Waals surface area contributed by atoms with Gasteiger partial charge in [-0.2, -0.15) is 0 Å². The molecule has 0 aliphatic carbocycles. The van der Waals surface area contributed by atoms with E-state index in [1.807, 2.05) is 0 Å². The van der Waals surface area contributed by atoms with E-state index in [2.05, 4.69) is 4.90 Å². The van der Waals surface area contributed by atoms with Gasteiger partial charge in [0.25, 0.3) is 0 Å². The smallest absolute Gasteiger partial charge is 0.126 e. The lowest BCUT2D eigenvalue weighted by Crippen LogP contribution is -2.37. The van der Waals surface area contributed by atoms with E-state index in [4.69, 9.17) is 5.73 Å². The zero-order chi connectivity index (χ0) is 12.3. The quantitative estimate of drug-likeness (QED) is 0.877. The molecule has 0 saturated carbocycles. The highest BCUT2D eigenvalue weighted by molar-refractivity contribution is 5.17. The zero-order valence-electron chi connectivity index (χ0n) is 9.83. The molecule has 0 aromatic heterocycles. The van der Waals surface area contributed by atoms with Gasteiger partial charge in [-0.25, -0.2) is 8.78 Å². The van der Waals surface area contributed by atoms with Crippen molar-refractivity contribution in [1.82, 2.24) is 4.90 Å². The molecule has 1 fully saturated rings. The van der Waals surface area contributed by atoms with Gasteiger partial charge < -0.3 is 5.73 Å². The summed E-state index contributed by atoms with van der Waals surface area (Å²) < 4.78 is 26.1. The van der Waals surface area contributed by atoms with E-state index in [0.29, 0.717) is 24.6 Å². The van der Waals surface area contributed by atoms with Gasteiger partial charge in [0.15, 0.2) is 0 Å². The van der Waals surface area contributed by atoms with E-state index in [1.54, 1.807) is 0 Å². The molecule has 94 valence electrons. The van der Waals surface area contributed by atoms with E-state index in [0.717, 1.165) is 32.0 Å². The van der Waals surface area contributed by atoms with E-state index in [-0.39, 0.29) is 0 Å². The van der Waals surface area contributed by atoms with Crippen LogP contribution in [0.4, 0.5) is 8.78 Å². The summed E-state index contributed by atoms with van der Waals surface area (Å²) in [4.78, 5) is 2.22. The minimum atomic E-state index is -0.507. The lowest BCUT2D eigenvalue weighted by Gasteiger charge is -2.32. The van der Waals surface area contributed by atoms with Gasteiger partial charge in [-0.1, -0.05) is 0 Å². The van der Waals surface area contributed by atoms with Gasteiger partial charge in [0.2, 0.25) is 0 Å². The van der Waals surface area contributed by atoms with Crippen LogP contribution in [0.25, 0.3) is 0 Å². The Hall–Kier alpha value is -1.00. The van der Waals surface area contributed by atoms with Crippen LogP contribution in [0.5, 0.6) is 0 Å². The van der Waals surface area contributed by atoms with Gasteiger partial charge in [0, 0.05) is 19.2 Å². The summed E-state index contributed by atoms with van der Waals surface area (Å²) in [6.45, 7) is 3.20. The SMILES string of the molecule is NC[C@@H]1CCCN(Cc2cc(F)cc(F)c2)C1. The van der Waals surface area contributed by atoms with Gasteiger partial charge in [0.1, 0.15) is 11.6 Å². The Morgan fingerprint density at radius 3 is 2.59 bits per heavy atom. The van der Waals surface area contributed by atoms with E-state index in [9.17, 15) is 8.78 Å². The second-order valence-electron chi connectivity index (χ2n) is 4.76. The molecule has 1 aliphatic heterocycles. The van der Waals surface area contributed by atoms with Crippen LogP contribution in [0, 0.1) is 17.6 Å². The molecule has 0 bridgehead atoms. The number of halogens is 2. The second kappa shape index (κ2) is 5.56. The Labute approximate surface area is 100 Å². The Balaban J connectivity index is 2.00. The molecule has 0 radical (unpaired) electrons. The first-order chi connectivity index (χ1) is 8.17. The van der Waals surface area contributed by atoms with Crippen LogP contribution in [0.3, 0.4) is 0 Å². The summed E-state index contributed by atoms with van der Waals surface area (Å²) >= 11 is 0. The molecule has 0 unspecified atom stereocenters. The van der Waals surface area contributed by atoms with Crippen molar-refractivity contribution in [2.45, 2.75) is 19.4 Å². The Bertz CT molecular complexity index is 361. The van der Waals surface area contributed by atoms with Crippen LogP contribution in [-0.4, -0.2) is 24.5 Å². The van der Waals surface area contributed by atoms with Crippen molar-refractivity contribution in [3.63, 3.8) is 0 Å². The normalized spacial score (nSPS) is 21.7. The molecular weight excluding hydrogens is 222 g/mol. The van der Waals surface area contributed by atoms with E-state index in [1.165, 1.54) is 12.1 Å². The maximum absolute atomic E-state index is 13.0. The lowest BCUT2D eigenvalue weighted by atomic mass is 9.98. The third-order valence-corrected chi connectivity index (χ3v) is 3.26. The van der Waals surface area contributed by atoms with Crippen LogP contribution in [0.2, 0.25) is 0 Å². The predicted octanol–water partition coefficient (Wildman–Crippen LogP) is 2.14. The molecule has 1 aromatic carbocycles. The molecule has 1 atom stereocenters. The first-order valence-corrected chi connectivity index (χ1v) is 6.05. The topological polar surface area (TPSA) is 29.3 Å². The predicted molar refractivity (Wildman–Crippen MR) is 63.4 cm³/mol. The molecular formula is C13H18F2N2. The van der Waals surface area contributed by atoms with Crippen molar-refractivity contribution < 1.29 is 8.78 Å². The van der Waals surface area contributed by atoms with E-state index < -0.39 is 11.6 Å². The number of likely N-dealkylation sites (tertiary alicyclic amines) is 1. The highest BCUT2D eigenvalue weighted by atomic mass is 19.1. The monoisotopic (exact) mass is 240 g/mol. The van der Waals surface area contributed by atoms with Crippen molar-refractivity contribution in [3.8, 4) is 0 Å². The third-order valence-electron chi connectivity index (χ3n) is 3.26. The number of hydrogen-bond donors (Lipinski definition) is 1. The molecule has 2 rings (SSSR count). The molecule has 0 spiro atoms. The minimum absolute atomic E-state index is 0.507. The Morgan fingerprint density at radius 2 is 1.94 bits per heavy atom. The van der Waals surface area contributed by atoms with Crippen LogP contribution in [-0.2, 0) is 6.54 Å². The van der Waals surface area contributed by atoms with Crippen LogP contribution < -0.4 is 5.73 Å². The van der Waals surface area contributed by atoms with Crippen molar-refractivity contribution in [2.75, 3.05) is 19.6 Å². The third kappa shape index (κ3) is 3.48. The number of benzene rings is 1. The summed E-state index contributed by atoms with van der Waals surface area (Å²) in [5, 5.41) is 0. The van der Waals surface area contributed by atoms with Gasteiger partial charge in [-0.3, -0.25) is 4.90 Å². The van der Waals surface area contributed by atoms with Crippen molar-refractivity contribution in [3.05, 3.63) is 35.4 Å². The van der Waals surface area contributed by atoms with E-state index >= 15 is 0 Å². The average molecular weight is 240 g/mol. The fourth-order valence-corrected chi connectivity index (χ4v) is 2.45. The molecule has 4 heteroatoms. The van der Waals surface area contributed by atoms with Crippen molar-refractivity contribution in [2.24, 2.45) is 11.7 Å². The Kier molecular flexibility index (Phi) is 4.07. The average Bonchev–Trinajstić information content (AvgIpc) is 2.28. The van der Waals surface area contributed by atoms with Crippen LogP contribution in [0.15, 0.2) is 18.2 Å². The summed E-state index contributed by atoms with van der Waals surface area (Å²) in [7, 11) is 0. The van der Waals surface area contributed by atoms with Gasteiger partial charge in [0.05, 0.1) is 0 Å². The molecule has 1 saturated heterocycles. The van der Waals surface area contributed by atoms with Crippen LogP contribution in [0.1, 0.15) is 18.4 Å². The zero-order valence-corrected chi connectivity index (χ0v) is 9.83. The number of nitrogens with two attached hydrogens (primary N) is 1. The van der Waals surface area contributed by atoms with Gasteiger partial charge >= 0.3 is 0 Å². The molecule has 1 aromatic rings. The maximum Gasteiger partial charge on any atom is 0.126 e. The molecule has 2 N–H and O–H groups in total. The number of hydrogen-bond acceptors (Lipinski definition) is 2. The second-order valence-corrected chi connectivity index (χ2v) is 4.76. The Morgan fingerprint density at radius 1 is 1.24 bits per heavy atom. The maximum atomic E-state index is 13.0. The van der Waals surface area contributed by atoms with Crippen molar-refractivity contribution in [1.29, 1.82) is 0 Å². The molecule has 17 heavy (non-hydrogen) atoms. The number of rotatable bonds is 3. The molecule has 1 aliphatic rings. The first kappa shape index (κ1) is 12.5. The highest BCUT2D eigenvalue weighted by Crippen LogP contribution is 2.18. The largest absolute Gasteiger partial charge is 0.330 e. The van der Waals surface area contributed by atoms with Crippen LogP contribution >= 0.6 is 0 Å². The first-order valence-electron chi connectivity index (χ1n) is 6.05. The van der Waals surface area contributed by atoms with Crippen molar-refractivity contribution >= 4 is 0 Å². The highest BCUT2D eigenvalue weighted by Gasteiger charge is 2.18. The number of piperidine rings is 1. The molecule has 1 heterocycles. The molecule has 2 nitrogen and oxygen atoms in total. The van der Waals surface area contributed by atoms with Gasteiger partial charge in [-0.15, -0.1) is 0 Å².